The SMILES string of the molecule is N#Cc1cccc(C(=O)NCC2CCN(c3ccc(F)c(F)c3)C2)c1. The third-order valence-electron chi connectivity index (χ3n) is 4.36. The molecule has 4 nitrogen and oxygen atoms in total. The largest absolute Gasteiger partial charge is 0.371 e. The van der Waals surface area contributed by atoms with Crippen LogP contribution >= 0.6 is 0 Å². The molecule has 1 fully saturated rings. The predicted molar refractivity (Wildman–Crippen MR) is 90.2 cm³/mol. The molecular weight excluding hydrogens is 324 g/mol. The molecule has 0 bridgehead atoms. The highest BCUT2D eigenvalue weighted by Gasteiger charge is 2.24. The molecule has 0 aromatic heterocycles. The number of amides is 1. The Kier molecular flexibility index (Phi) is 4.94. The van der Waals surface area contributed by atoms with Crippen LogP contribution < -0.4 is 10.2 Å². The van der Waals surface area contributed by atoms with E-state index in [9.17, 15) is 13.6 Å². The molecular formula is C19H17F2N3O. The lowest BCUT2D eigenvalue weighted by molar-refractivity contribution is 0.0948. The highest BCUT2D eigenvalue weighted by Crippen LogP contribution is 2.25. The van der Waals surface area contributed by atoms with E-state index >= 15 is 0 Å². The number of carbonyl (C=O) groups excluding carboxylic acids is 1. The Morgan fingerprint density at radius 2 is 2.08 bits per heavy atom. The van der Waals surface area contributed by atoms with Gasteiger partial charge < -0.3 is 10.2 Å². The second kappa shape index (κ2) is 7.31. The third-order valence-corrected chi connectivity index (χ3v) is 4.36. The van der Waals surface area contributed by atoms with Gasteiger partial charge in [-0.05, 0) is 42.7 Å². The molecule has 2 aromatic carbocycles. The average molecular weight is 341 g/mol. The van der Waals surface area contributed by atoms with E-state index in [2.05, 4.69) is 5.32 Å². The Hall–Kier alpha value is -2.94. The first-order valence-corrected chi connectivity index (χ1v) is 8.05. The molecule has 0 saturated carbocycles. The van der Waals surface area contributed by atoms with Crippen LogP contribution in [0.4, 0.5) is 14.5 Å². The number of carbonyl (C=O) groups is 1. The van der Waals surface area contributed by atoms with Crippen LogP contribution in [0.25, 0.3) is 0 Å². The van der Waals surface area contributed by atoms with E-state index in [1.807, 2.05) is 11.0 Å². The number of nitrogens with zero attached hydrogens (tertiary/aromatic N) is 2. The van der Waals surface area contributed by atoms with Gasteiger partial charge in [0.1, 0.15) is 0 Å². The quantitative estimate of drug-likeness (QED) is 0.930. The van der Waals surface area contributed by atoms with Gasteiger partial charge >= 0.3 is 0 Å². The molecule has 1 aliphatic heterocycles. The maximum absolute atomic E-state index is 13.4. The Balaban J connectivity index is 1.55. The summed E-state index contributed by atoms with van der Waals surface area (Å²) < 4.78 is 26.4. The summed E-state index contributed by atoms with van der Waals surface area (Å²) in [5.74, 6) is -1.70. The van der Waals surface area contributed by atoms with Crippen molar-refractivity contribution in [1.82, 2.24) is 5.32 Å². The standard InChI is InChI=1S/C19H17F2N3O/c20-17-5-4-16(9-18(17)21)24-7-6-14(12-24)11-23-19(25)15-3-1-2-13(8-15)10-22/h1-5,8-9,14H,6-7,11-12H2,(H,23,25). The fourth-order valence-electron chi connectivity index (χ4n) is 2.98. The summed E-state index contributed by atoms with van der Waals surface area (Å²) in [6.07, 6.45) is 0.859. The Morgan fingerprint density at radius 3 is 2.84 bits per heavy atom. The molecule has 128 valence electrons. The average Bonchev–Trinajstić information content (AvgIpc) is 3.11. The molecule has 1 saturated heterocycles. The summed E-state index contributed by atoms with van der Waals surface area (Å²) in [4.78, 5) is 14.2. The number of rotatable bonds is 4. The van der Waals surface area contributed by atoms with E-state index in [1.165, 1.54) is 6.07 Å². The number of nitriles is 1. The molecule has 1 aliphatic rings. The van der Waals surface area contributed by atoms with Gasteiger partial charge in [-0.15, -0.1) is 0 Å². The van der Waals surface area contributed by atoms with Crippen LogP contribution in [0.15, 0.2) is 42.5 Å². The van der Waals surface area contributed by atoms with Crippen LogP contribution in [0, 0.1) is 28.9 Å². The van der Waals surface area contributed by atoms with Crippen LogP contribution in [0.3, 0.4) is 0 Å². The van der Waals surface area contributed by atoms with Crippen LogP contribution in [-0.2, 0) is 0 Å². The predicted octanol–water partition coefficient (Wildman–Crippen LogP) is 3.09. The zero-order valence-electron chi connectivity index (χ0n) is 13.5. The van der Waals surface area contributed by atoms with Crippen molar-refractivity contribution in [1.29, 1.82) is 5.26 Å². The molecule has 3 rings (SSSR count). The van der Waals surface area contributed by atoms with Crippen molar-refractivity contribution in [2.75, 3.05) is 24.5 Å². The zero-order valence-corrected chi connectivity index (χ0v) is 13.5. The summed E-state index contributed by atoms with van der Waals surface area (Å²) in [5, 5.41) is 11.8. The van der Waals surface area contributed by atoms with E-state index in [0.29, 0.717) is 29.9 Å². The second-order valence-electron chi connectivity index (χ2n) is 6.10. The van der Waals surface area contributed by atoms with E-state index in [0.717, 1.165) is 19.0 Å². The molecule has 1 unspecified atom stereocenters. The topological polar surface area (TPSA) is 56.1 Å². The number of nitrogens with one attached hydrogen (secondary N) is 1. The first-order chi connectivity index (χ1) is 12.1. The summed E-state index contributed by atoms with van der Waals surface area (Å²) in [6, 6.07) is 12.4. The zero-order chi connectivity index (χ0) is 17.8. The fraction of sp³-hybridized carbons (Fsp3) is 0.263. The van der Waals surface area contributed by atoms with Crippen LogP contribution in [-0.4, -0.2) is 25.5 Å². The molecule has 0 spiro atoms. The normalized spacial score (nSPS) is 16.5. The summed E-state index contributed by atoms with van der Waals surface area (Å²) in [7, 11) is 0. The van der Waals surface area contributed by atoms with Gasteiger partial charge in [0.2, 0.25) is 0 Å². The molecule has 1 atom stereocenters. The Labute approximate surface area is 144 Å². The van der Waals surface area contributed by atoms with E-state index < -0.39 is 11.6 Å². The minimum Gasteiger partial charge on any atom is -0.371 e. The van der Waals surface area contributed by atoms with Gasteiger partial charge in [0.15, 0.2) is 11.6 Å². The molecule has 1 heterocycles. The first kappa shape index (κ1) is 16.9. The lowest BCUT2D eigenvalue weighted by Crippen LogP contribution is -2.31. The first-order valence-electron chi connectivity index (χ1n) is 8.05. The van der Waals surface area contributed by atoms with E-state index in [-0.39, 0.29) is 11.8 Å². The highest BCUT2D eigenvalue weighted by molar-refractivity contribution is 5.94. The third kappa shape index (κ3) is 3.94. The van der Waals surface area contributed by atoms with E-state index in [1.54, 1.807) is 30.3 Å². The Bertz CT molecular complexity index is 832. The lowest BCUT2D eigenvalue weighted by Gasteiger charge is -2.19. The lowest BCUT2D eigenvalue weighted by atomic mass is 10.1. The van der Waals surface area contributed by atoms with Crippen molar-refractivity contribution in [3.8, 4) is 6.07 Å². The summed E-state index contributed by atoms with van der Waals surface area (Å²) >= 11 is 0. The van der Waals surface area contributed by atoms with Gasteiger partial charge in [0, 0.05) is 37.0 Å². The van der Waals surface area contributed by atoms with Crippen LogP contribution in [0.2, 0.25) is 0 Å². The van der Waals surface area contributed by atoms with Gasteiger partial charge in [0.05, 0.1) is 11.6 Å². The minimum atomic E-state index is -0.855. The van der Waals surface area contributed by atoms with Crippen molar-refractivity contribution < 1.29 is 13.6 Å². The molecule has 0 radical (unpaired) electrons. The van der Waals surface area contributed by atoms with E-state index in [4.69, 9.17) is 5.26 Å². The second-order valence-corrected chi connectivity index (χ2v) is 6.10. The maximum atomic E-state index is 13.4. The molecule has 1 N–H and O–H groups in total. The van der Waals surface area contributed by atoms with Crippen molar-refractivity contribution in [2.24, 2.45) is 5.92 Å². The monoisotopic (exact) mass is 341 g/mol. The highest BCUT2D eigenvalue weighted by atomic mass is 19.2. The van der Waals surface area contributed by atoms with Gasteiger partial charge in [-0.2, -0.15) is 5.26 Å². The maximum Gasteiger partial charge on any atom is 0.251 e. The molecule has 2 aromatic rings. The van der Waals surface area contributed by atoms with Crippen LogP contribution in [0.1, 0.15) is 22.3 Å². The molecule has 6 heteroatoms. The number of halogens is 2. The molecule has 0 aliphatic carbocycles. The van der Waals surface area contributed by atoms with Gasteiger partial charge in [0.25, 0.3) is 5.91 Å². The van der Waals surface area contributed by atoms with Gasteiger partial charge in [-0.3, -0.25) is 4.79 Å². The van der Waals surface area contributed by atoms with Crippen molar-refractivity contribution in [2.45, 2.75) is 6.42 Å². The number of hydrogen-bond acceptors (Lipinski definition) is 3. The molecule has 25 heavy (non-hydrogen) atoms. The number of hydrogen-bond donors (Lipinski definition) is 1. The summed E-state index contributed by atoms with van der Waals surface area (Å²) in [5.41, 5.74) is 1.54. The summed E-state index contributed by atoms with van der Waals surface area (Å²) in [6.45, 7) is 1.90. The fourth-order valence-corrected chi connectivity index (χ4v) is 2.98. The van der Waals surface area contributed by atoms with Crippen LogP contribution in [0.5, 0.6) is 0 Å². The Morgan fingerprint density at radius 1 is 1.24 bits per heavy atom. The van der Waals surface area contributed by atoms with Crippen molar-refractivity contribution in [3.05, 3.63) is 65.2 Å². The van der Waals surface area contributed by atoms with Crippen molar-refractivity contribution >= 4 is 11.6 Å². The van der Waals surface area contributed by atoms with Crippen molar-refractivity contribution in [3.63, 3.8) is 0 Å². The molecule has 1 amide bonds. The minimum absolute atomic E-state index is 0.219. The smallest absolute Gasteiger partial charge is 0.251 e. The number of anilines is 1. The van der Waals surface area contributed by atoms with Gasteiger partial charge in [-0.25, -0.2) is 8.78 Å². The number of benzene rings is 2. The van der Waals surface area contributed by atoms with Gasteiger partial charge in [-0.1, -0.05) is 6.07 Å².